The normalized spacial score (nSPS) is 10.5. The van der Waals surface area contributed by atoms with Crippen LogP contribution in [-0.2, 0) is 0 Å². The molecule has 0 saturated carbocycles. The molecule has 0 unspecified atom stereocenters. The van der Waals surface area contributed by atoms with Gasteiger partial charge in [0, 0.05) is 16.5 Å². The highest BCUT2D eigenvalue weighted by Crippen LogP contribution is 2.32. The Hall–Kier alpha value is -2.65. The molecule has 0 fully saturated rings. The van der Waals surface area contributed by atoms with Gasteiger partial charge in [0.15, 0.2) is 0 Å². The maximum absolute atomic E-state index is 13.1. The molecule has 0 aliphatic rings. The zero-order valence-electron chi connectivity index (χ0n) is 12.1. The fourth-order valence-corrected chi connectivity index (χ4v) is 2.65. The number of aromatic nitrogens is 1. The van der Waals surface area contributed by atoms with E-state index in [2.05, 4.69) is 5.32 Å². The molecule has 2 nitrogen and oxygen atoms in total. The van der Waals surface area contributed by atoms with Crippen LogP contribution >= 0.6 is 0 Å². The number of hydrogen-bond acceptors (Lipinski definition) is 2. The smallest absolute Gasteiger partial charge is 0.123 e. The van der Waals surface area contributed by atoms with Gasteiger partial charge in [0.05, 0.1) is 16.7 Å². The van der Waals surface area contributed by atoms with Crippen molar-refractivity contribution in [2.45, 2.75) is 0 Å². The lowest BCUT2D eigenvalue weighted by Gasteiger charge is -2.13. The Bertz CT molecular complexity index is 914. The lowest BCUT2D eigenvalue weighted by Crippen LogP contribution is -3.00. The molecule has 3 aromatic carbocycles. The molecule has 114 valence electrons. The van der Waals surface area contributed by atoms with Crippen LogP contribution in [-0.4, -0.2) is 4.98 Å². The second kappa shape index (κ2) is 6.23. The summed E-state index contributed by atoms with van der Waals surface area (Å²) in [6, 6.07) is 22.4. The van der Waals surface area contributed by atoms with Gasteiger partial charge >= 0.3 is 0 Å². The summed E-state index contributed by atoms with van der Waals surface area (Å²) < 4.78 is 13.1. The molecule has 23 heavy (non-hydrogen) atoms. The number of benzene rings is 3. The Balaban J connectivity index is 0.00000156. The van der Waals surface area contributed by atoms with Crippen molar-refractivity contribution < 1.29 is 16.8 Å². The van der Waals surface area contributed by atoms with Crippen molar-refractivity contribution in [3.8, 4) is 0 Å². The number of para-hydroxylation sites is 2. The number of halogens is 2. The number of nitrogens with one attached hydrogen (secondary N) is 1. The summed E-state index contributed by atoms with van der Waals surface area (Å²) in [5.41, 5.74) is 3.72. The lowest BCUT2D eigenvalue weighted by molar-refractivity contribution is -0.00000487. The summed E-state index contributed by atoms with van der Waals surface area (Å²) in [6.07, 6.45) is 0. The van der Waals surface area contributed by atoms with Gasteiger partial charge in [-0.25, -0.2) is 9.37 Å². The Labute approximate surface area is 139 Å². The van der Waals surface area contributed by atoms with E-state index in [1.165, 1.54) is 12.1 Å². The Morgan fingerprint density at radius 1 is 0.696 bits per heavy atom. The van der Waals surface area contributed by atoms with Crippen molar-refractivity contribution in [1.29, 1.82) is 0 Å². The molecular weight excluding hydrogens is 311 g/mol. The van der Waals surface area contributed by atoms with Gasteiger partial charge in [-0.15, -0.1) is 0 Å². The van der Waals surface area contributed by atoms with E-state index >= 15 is 0 Å². The first-order valence-corrected chi connectivity index (χ1v) is 7.11. The van der Waals surface area contributed by atoms with E-state index in [4.69, 9.17) is 4.98 Å². The molecule has 0 atom stereocenters. The van der Waals surface area contributed by atoms with Gasteiger partial charge in [0.1, 0.15) is 5.82 Å². The summed E-state index contributed by atoms with van der Waals surface area (Å²) >= 11 is 0. The predicted octanol–water partition coefficient (Wildman–Crippen LogP) is 2.27. The van der Waals surface area contributed by atoms with Gasteiger partial charge in [-0.1, -0.05) is 36.4 Å². The lowest BCUT2D eigenvalue weighted by atomic mass is 10.1. The minimum Gasteiger partial charge on any atom is -1.00 e. The highest BCUT2D eigenvalue weighted by Gasteiger charge is 2.08. The molecule has 1 heterocycles. The molecular formula is C19H13ClFN2-. The summed E-state index contributed by atoms with van der Waals surface area (Å²) in [4.78, 5) is 4.69. The van der Waals surface area contributed by atoms with Crippen LogP contribution in [0.2, 0.25) is 0 Å². The molecule has 0 spiro atoms. The zero-order valence-corrected chi connectivity index (χ0v) is 12.9. The van der Waals surface area contributed by atoms with E-state index in [-0.39, 0.29) is 18.2 Å². The molecule has 0 amide bonds. The monoisotopic (exact) mass is 323 g/mol. The second-order valence-corrected chi connectivity index (χ2v) is 5.15. The van der Waals surface area contributed by atoms with Crippen LogP contribution in [0.1, 0.15) is 0 Å². The van der Waals surface area contributed by atoms with Gasteiger partial charge in [0.25, 0.3) is 0 Å². The number of hydrogen-bond donors (Lipinski definition) is 1. The van der Waals surface area contributed by atoms with E-state index < -0.39 is 0 Å². The van der Waals surface area contributed by atoms with E-state index in [9.17, 15) is 4.39 Å². The fourth-order valence-electron chi connectivity index (χ4n) is 2.65. The van der Waals surface area contributed by atoms with Crippen molar-refractivity contribution in [2.24, 2.45) is 0 Å². The molecule has 0 bridgehead atoms. The van der Waals surface area contributed by atoms with E-state index in [0.717, 1.165) is 33.2 Å². The van der Waals surface area contributed by atoms with Crippen LogP contribution in [0.4, 0.5) is 15.8 Å². The number of anilines is 2. The topological polar surface area (TPSA) is 24.9 Å². The molecule has 4 rings (SSSR count). The quantitative estimate of drug-likeness (QED) is 0.573. The summed E-state index contributed by atoms with van der Waals surface area (Å²) in [5, 5.41) is 5.50. The maximum atomic E-state index is 13.1. The van der Waals surface area contributed by atoms with E-state index in [1.54, 1.807) is 12.1 Å². The highest BCUT2D eigenvalue weighted by molar-refractivity contribution is 6.08. The first-order valence-electron chi connectivity index (χ1n) is 7.11. The number of pyridine rings is 1. The van der Waals surface area contributed by atoms with Gasteiger partial charge in [-0.05, 0) is 36.4 Å². The third-order valence-electron chi connectivity index (χ3n) is 3.70. The molecule has 4 heteroatoms. The Kier molecular flexibility index (Phi) is 4.13. The second-order valence-electron chi connectivity index (χ2n) is 5.15. The minimum absolute atomic E-state index is 0. The number of nitrogens with zero attached hydrogens (tertiary/aromatic N) is 1. The first kappa shape index (κ1) is 15.3. The van der Waals surface area contributed by atoms with Gasteiger partial charge in [0.2, 0.25) is 0 Å². The summed E-state index contributed by atoms with van der Waals surface area (Å²) in [6.45, 7) is 0. The van der Waals surface area contributed by atoms with Crippen LogP contribution in [0, 0.1) is 5.82 Å². The van der Waals surface area contributed by atoms with Crippen molar-refractivity contribution in [3.05, 3.63) is 78.6 Å². The van der Waals surface area contributed by atoms with Crippen LogP contribution < -0.4 is 17.7 Å². The van der Waals surface area contributed by atoms with Crippen molar-refractivity contribution >= 4 is 33.2 Å². The van der Waals surface area contributed by atoms with Crippen LogP contribution in [0.15, 0.2) is 72.8 Å². The molecule has 4 aromatic rings. The largest absolute Gasteiger partial charge is 1.00 e. The van der Waals surface area contributed by atoms with Crippen molar-refractivity contribution in [3.63, 3.8) is 0 Å². The number of rotatable bonds is 2. The van der Waals surface area contributed by atoms with Crippen LogP contribution in [0.5, 0.6) is 0 Å². The zero-order chi connectivity index (χ0) is 14.9. The third kappa shape index (κ3) is 2.83. The van der Waals surface area contributed by atoms with Crippen molar-refractivity contribution in [2.75, 3.05) is 5.32 Å². The SMILES string of the molecule is Fc1ccc(Nc2c3ccccc3nc3ccccc23)cc1.[Cl-]. The average Bonchev–Trinajstić information content (AvgIpc) is 2.56. The van der Waals surface area contributed by atoms with Gasteiger partial charge in [-0.2, -0.15) is 0 Å². The maximum Gasteiger partial charge on any atom is 0.123 e. The predicted molar refractivity (Wildman–Crippen MR) is 88.9 cm³/mol. The Morgan fingerprint density at radius 2 is 1.22 bits per heavy atom. The minimum atomic E-state index is -0.241. The molecule has 0 aliphatic heterocycles. The highest BCUT2D eigenvalue weighted by atomic mass is 35.5. The molecule has 1 N–H and O–H groups in total. The molecule has 0 radical (unpaired) electrons. The molecule has 0 saturated heterocycles. The van der Waals surface area contributed by atoms with E-state index in [1.807, 2.05) is 48.5 Å². The Morgan fingerprint density at radius 3 is 1.78 bits per heavy atom. The van der Waals surface area contributed by atoms with Gasteiger partial charge in [-0.3, -0.25) is 0 Å². The molecule has 0 aliphatic carbocycles. The summed E-state index contributed by atoms with van der Waals surface area (Å²) in [5.74, 6) is -0.241. The third-order valence-corrected chi connectivity index (χ3v) is 3.70. The van der Waals surface area contributed by atoms with E-state index in [0.29, 0.717) is 0 Å². The van der Waals surface area contributed by atoms with Crippen molar-refractivity contribution in [1.82, 2.24) is 4.98 Å². The van der Waals surface area contributed by atoms with Gasteiger partial charge < -0.3 is 17.7 Å². The van der Waals surface area contributed by atoms with Crippen LogP contribution in [0.3, 0.4) is 0 Å². The average molecular weight is 324 g/mol. The summed E-state index contributed by atoms with van der Waals surface area (Å²) in [7, 11) is 0. The fraction of sp³-hybridized carbons (Fsp3) is 0. The molecule has 1 aromatic heterocycles. The standard InChI is InChI=1S/C19H13FN2.ClH/c20-13-9-11-14(12-10-13)21-19-15-5-1-3-7-17(15)22-18-8-4-2-6-16(18)19;/h1-12H,(H,21,22);1H/p-1. The first-order chi connectivity index (χ1) is 10.8. The van der Waals surface area contributed by atoms with Crippen LogP contribution in [0.25, 0.3) is 21.8 Å². The number of fused-ring (bicyclic) bond motifs is 2.